The molecule has 0 unspecified atom stereocenters. The number of thiazole rings is 1. The Labute approximate surface area is 166 Å². The highest BCUT2D eigenvalue weighted by atomic mass is 32.2. The zero-order valence-corrected chi connectivity index (χ0v) is 16.6. The number of carbonyl (C=O) groups is 2. The minimum atomic E-state index is -0.340. The van der Waals surface area contributed by atoms with Crippen LogP contribution in [0.5, 0.6) is 0 Å². The summed E-state index contributed by atoms with van der Waals surface area (Å²) in [5, 5.41) is 2.83. The Kier molecular flexibility index (Phi) is 6.84. The largest absolute Gasteiger partial charge is 0.462 e. The molecule has 0 saturated carbocycles. The monoisotopic (exact) mass is 400 g/mol. The lowest BCUT2D eigenvalue weighted by Gasteiger charge is -2.06. The zero-order chi connectivity index (χ0) is 19.1. The lowest BCUT2D eigenvalue weighted by Crippen LogP contribution is -2.14. The van der Waals surface area contributed by atoms with Crippen LogP contribution in [0.1, 0.15) is 30.1 Å². The third-order valence-corrected chi connectivity index (χ3v) is 5.92. The fourth-order valence-electron chi connectivity index (χ4n) is 2.32. The molecule has 0 aliphatic rings. The quantitative estimate of drug-likeness (QED) is 0.328. The normalized spacial score (nSPS) is 10.7. The highest BCUT2D eigenvalue weighted by molar-refractivity contribution is 8.01. The number of rotatable bonds is 8. The molecule has 0 spiro atoms. The Morgan fingerprint density at radius 1 is 1.15 bits per heavy atom. The molecule has 2 aromatic carbocycles. The second kappa shape index (κ2) is 9.53. The van der Waals surface area contributed by atoms with Crippen molar-refractivity contribution in [2.24, 2.45) is 0 Å². The molecule has 1 amide bonds. The Bertz CT molecular complexity index is 889. The maximum absolute atomic E-state index is 12.1. The topological polar surface area (TPSA) is 68.3 Å². The number of amides is 1. The smallest absolute Gasteiger partial charge is 0.338 e. The Morgan fingerprint density at radius 2 is 1.93 bits per heavy atom. The molecule has 140 valence electrons. The van der Waals surface area contributed by atoms with Gasteiger partial charge in [-0.25, -0.2) is 9.78 Å². The molecule has 0 aliphatic carbocycles. The summed E-state index contributed by atoms with van der Waals surface area (Å²) in [6, 6.07) is 14.6. The maximum atomic E-state index is 12.1. The van der Waals surface area contributed by atoms with Gasteiger partial charge in [0.05, 0.1) is 28.1 Å². The van der Waals surface area contributed by atoms with E-state index in [1.807, 2.05) is 31.2 Å². The first-order valence-electron chi connectivity index (χ1n) is 8.71. The summed E-state index contributed by atoms with van der Waals surface area (Å²) in [4.78, 5) is 28.5. The molecule has 1 aromatic heterocycles. The van der Waals surface area contributed by atoms with Crippen molar-refractivity contribution in [1.29, 1.82) is 0 Å². The van der Waals surface area contributed by atoms with E-state index < -0.39 is 0 Å². The molecule has 0 saturated heterocycles. The van der Waals surface area contributed by atoms with E-state index in [2.05, 4.69) is 10.3 Å². The number of ether oxygens (including phenoxy) is 1. The van der Waals surface area contributed by atoms with Crippen LogP contribution in [0.4, 0.5) is 5.69 Å². The maximum Gasteiger partial charge on any atom is 0.338 e. The number of benzene rings is 2. The van der Waals surface area contributed by atoms with E-state index in [-0.39, 0.29) is 17.6 Å². The summed E-state index contributed by atoms with van der Waals surface area (Å²) in [6.45, 7) is 2.47. The van der Waals surface area contributed by atoms with E-state index in [1.54, 1.807) is 35.6 Å². The van der Waals surface area contributed by atoms with Crippen LogP contribution in [0, 0.1) is 0 Å². The van der Waals surface area contributed by atoms with E-state index in [1.165, 1.54) is 11.8 Å². The van der Waals surface area contributed by atoms with Gasteiger partial charge in [-0.1, -0.05) is 37.2 Å². The zero-order valence-electron chi connectivity index (χ0n) is 14.9. The summed E-state index contributed by atoms with van der Waals surface area (Å²) in [5.41, 5.74) is 2.08. The number of unbranched alkanes of at least 4 members (excludes halogenated alkanes) is 1. The van der Waals surface area contributed by atoms with Crippen LogP contribution in [0.3, 0.4) is 0 Å². The Morgan fingerprint density at radius 3 is 2.67 bits per heavy atom. The van der Waals surface area contributed by atoms with Crippen LogP contribution < -0.4 is 5.32 Å². The van der Waals surface area contributed by atoms with Crippen LogP contribution in [0.2, 0.25) is 0 Å². The van der Waals surface area contributed by atoms with Crippen molar-refractivity contribution >= 4 is 50.9 Å². The standard InChI is InChI=1S/C20H20N2O3S2/c1-2-3-12-25-19(24)14-8-10-15(11-9-14)21-18(23)13-26-20-22-16-6-4-5-7-17(16)27-20/h4-11H,2-3,12-13H2,1H3,(H,21,23). The van der Waals surface area contributed by atoms with Crippen molar-refractivity contribution in [2.75, 3.05) is 17.7 Å². The van der Waals surface area contributed by atoms with Gasteiger partial charge in [-0.3, -0.25) is 4.79 Å². The van der Waals surface area contributed by atoms with Crippen LogP contribution in [0.25, 0.3) is 10.2 Å². The molecule has 5 nitrogen and oxygen atoms in total. The van der Waals surface area contributed by atoms with E-state index >= 15 is 0 Å². The molecule has 0 bridgehead atoms. The summed E-state index contributed by atoms with van der Waals surface area (Å²) < 4.78 is 7.15. The number of carbonyl (C=O) groups excluding carboxylic acids is 2. The molecular weight excluding hydrogens is 380 g/mol. The molecule has 27 heavy (non-hydrogen) atoms. The van der Waals surface area contributed by atoms with Crippen molar-refractivity contribution in [3.05, 3.63) is 54.1 Å². The fraction of sp³-hybridized carbons (Fsp3) is 0.250. The molecule has 0 radical (unpaired) electrons. The first-order valence-corrected chi connectivity index (χ1v) is 10.5. The lowest BCUT2D eigenvalue weighted by atomic mass is 10.2. The summed E-state index contributed by atoms with van der Waals surface area (Å²) in [5.74, 6) is -0.175. The molecule has 0 aliphatic heterocycles. The number of esters is 1. The van der Waals surface area contributed by atoms with Crippen molar-refractivity contribution in [3.8, 4) is 0 Å². The van der Waals surface area contributed by atoms with Gasteiger partial charge in [0, 0.05) is 5.69 Å². The van der Waals surface area contributed by atoms with E-state index in [0.717, 1.165) is 27.4 Å². The average molecular weight is 401 g/mol. The van der Waals surface area contributed by atoms with E-state index in [0.29, 0.717) is 17.9 Å². The number of fused-ring (bicyclic) bond motifs is 1. The van der Waals surface area contributed by atoms with Crippen molar-refractivity contribution in [1.82, 2.24) is 4.98 Å². The number of anilines is 1. The SMILES string of the molecule is CCCCOC(=O)c1ccc(NC(=O)CSc2nc3ccccc3s2)cc1. The molecule has 7 heteroatoms. The molecular formula is C20H20N2O3S2. The lowest BCUT2D eigenvalue weighted by molar-refractivity contribution is -0.113. The van der Waals surface area contributed by atoms with Crippen LogP contribution in [-0.4, -0.2) is 29.2 Å². The van der Waals surface area contributed by atoms with Gasteiger partial charge in [-0.05, 0) is 42.8 Å². The van der Waals surface area contributed by atoms with Crippen LogP contribution in [-0.2, 0) is 9.53 Å². The summed E-state index contributed by atoms with van der Waals surface area (Å²) in [6.07, 6.45) is 1.83. The minimum Gasteiger partial charge on any atom is -0.462 e. The molecule has 1 N–H and O–H groups in total. The fourth-order valence-corrected chi connectivity index (χ4v) is 4.19. The second-order valence-corrected chi connectivity index (χ2v) is 8.10. The van der Waals surface area contributed by atoms with Gasteiger partial charge in [-0.15, -0.1) is 11.3 Å². The van der Waals surface area contributed by atoms with Crippen molar-refractivity contribution in [2.45, 2.75) is 24.1 Å². The van der Waals surface area contributed by atoms with Gasteiger partial charge in [-0.2, -0.15) is 0 Å². The molecule has 3 rings (SSSR count). The first kappa shape index (κ1) is 19.4. The third-order valence-electron chi connectivity index (χ3n) is 3.74. The number of thioether (sulfide) groups is 1. The number of hydrogen-bond acceptors (Lipinski definition) is 6. The van der Waals surface area contributed by atoms with E-state index in [9.17, 15) is 9.59 Å². The van der Waals surface area contributed by atoms with Crippen molar-refractivity contribution < 1.29 is 14.3 Å². The average Bonchev–Trinajstić information content (AvgIpc) is 3.10. The number of hydrogen-bond donors (Lipinski definition) is 1. The van der Waals surface area contributed by atoms with Gasteiger partial charge in [0.1, 0.15) is 0 Å². The first-order chi connectivity index (χ1) is 13.2. The number of aromatic nitrogens is 1. The Balaban J connectivity index is 1.49. The van der Waals surface area contributed by atoms with Crippen LogP contribution >= 0.6 is 23.1 Å². The molecule has 0 atom stereocenters. The number of nitrogens with zero attached hydrogens (tertiary/aromatic N) is 1. The van der Waals surface area contributed by atoms with Gasteiger partial charge in [0.25, 0.3) is 0 Å². The summed E-state index contributed by atoms with van der Waals surface area (Å²) in [7, 11) is 0. The molecule has 1 heterocycles. The number of nitrogens with one attached hydrogen (secondary N) is 1. The highest BCUT2D eigenvalue weighted by Gasteiger charge is 2.10. The summed E-state index contributed by atoms with van der Waals surface area (Å²) >= 11 is 2.99. The molecule has 3 aromatic rings. The van der Waals surface area contributed by atoms with E-state index in [4.69, 9.17) is 4.74 Å². The van der Waals surface area contributed by atoms with Gasteiger partial charge in [0.15, 0.2) is 4.34 Å². The predicted molar refractivity (Wildman–Crippen MR) is 111 cm³/mol. The minimum absolute atomic E-state index is 0.113. The second-order valence-electron chi connectivity index (χ2n) is 5.85. The predicted octanol–water partition coefficient (Wildman–Crippen LogP) is 4.98. The van der Waals surface area contributed by atoms with Crippen molar-refractivity contribution in [3.63, 3.8) is 0 Å². The highest BCUT2D eigenvalue weighted by Crippen LogP contribution is 2.29. The molecule has 0 fully saturated rings. The van der Waals surface area contributed by atoms with Gasteiger partial charge >= 0.3 is 5.97 Å². The van der Waals surface area contributed by atoms with Gasteiger partial charge in [0.2, 0.25) is 5.91 Å². The Hall–Kier alpha value is -2.38. The van der Waals surface area contributed by atoms with Gasteiger partial charge < -0.3 is 10.1 Å². The number of para-hydroxylation sites is 1. The third kappa shape index (κ3) is 5.55. The van der Waals surface area contributed by atoms with Crippen LogP contribution in [0.15, 0.2) is 52.9 Å².